The average molecular weight is 751 g/mol. The molecular formula is C50H31ClN6. The summed E-state index contributed by atoms with van der Waals surface area (Å²) in [5.74, 6) is 0. The number of halogens is 1. The summed E-state index contributed by atoms with van der Waals surface area (Å²) in [5.41, 5.74) is 15.0. The fraction of sp³-hybridized carbons (Fsp3) is 0. The first-order valence-electron chi connectivity index (χ1n) is 18.8. The van der Waals surface area contributed by atoms with Crippen molar-refractivity contribution in [2.45, 2.75) is 0 Å². The van der Waals surface area contributed by atoms with E-state index in [4.69, 9.17) is 11.6 Å². The molecule has 0 radical (unpaired) electrons. The van der Waals surface area contributed by atoms with Crippen molar-refractivity contribution in [2.24, 2.45) is 0 Å². The zero-order valence-electron chi connectivity index (χ0n) is 30.5. The van der Waals surface area contributed by atoms with Crippen molar-refractivity contribution < 1.29 is 0 Å². The smallest absolute Gasteiger partial charge is 0.0887 e. The lowest BCUT2D eigenvalue weighted by Crippen LogP contribution is -2.01. The molecule has 6 heterocycles. The van der Waals surface area contributed by atoms with Crippen molar-refractivity contribution in [1.29, 1.82) is 0 Å². The van der Waals surface area contributed by atoms with Crippen LogP contribution >= 0.6 is 11.6 Å². The van der Waals surface area contributed by atoms with Gasteiger partial charge in [0.1, 0.15) is 0 Å². The molecule has 0 N–H and O–H groups in total. The van der Waals surface area contributed by atoms with Crippen LogP contribution in [0.4, 0.5) is 0 Å². The van der Waals surface area contributed by atoms with Crippen molar-refractivity contribution >= 4 is 55.2 Å². The Morgan fingerprint density at radius 1 is 0.298 bits per heavy atom. The summed E-state index contributed by atoms with van der Waals surface area (Å²) in [6.07, 6.45) is 14.7. The summed E-state index contributed by atoms with van der Waals surface area (Å²) in [6.45, 7) is 0. The molecule has 11 aromatic rings. The molecule has 0 aliphatic carbocycles. The Bertz CT molecular complexity index is 2870. The lowest BCUT2D eigenvalue weighted by molar-refractivity contribution is 1.13. The molecule has 7 heteroatoms. The molecule has 0 atom stereocenters. The van der Waals surface area contributed by atoms with E-state index in [2.05, 4.69) is 169 Å². The highest BCUT2D eigenvalue weighted by Crippen LogP contribution is 2.43. The predicted octanol–water partition coefficient (Wildman–Crippen LogP) is 12.8. The molecule has 0 fully saturated rings. The molecular weight excluding hydrogens is 720 g/mol. The maximum absolute atomic E-state index is 7.73. The molecule has 268 valence electrons. The number of aromatic nitrogens is 6. The van der Waals surface area contributed by atoms with Gasteiger partial charge < -0.3 is 9.13 Å². The van der Waals surface area contributed by atoms with E-state index in [-0.39, 0.29) is 0 Å². The van der Waals surface area contributed by atoms with E-state index >= 15 is 0 Å². The Labute approximate surface area is 333 Å². The van der Waals surface area contributed by atoms with Gasteiger partial charge in [-0.2, -0.15) is 0 Å². The second-order valence-corrected chi connectivity index (χ2v) is 14.5. The van der Waals surface area contributed by atoms with Gasteiger partial charge in [0, 0.05) is 71.1 Å². The van der Waals surface area contributed by atoms with Crippen LogP contribution in [0.5, 0.6) is 0 Å². The third kappa shape index (κ3) is 5.49. The van der Waals surface area contributed by atoms with Gasteiger partial charge in [-0.15, -0.1) is 0 Å². The van der Waals surface area contributed by atoms with Gasteiger partial charge in [0.2, 0.25) is 0 Å². The maximum atomic E-state index is 7.73. The fourth-order valence-electron chi connectivity index (χ4n) is 8.31. The Morgan fingerprint density at radius 2 is 0.561 bits per heavy atom. The molecule has 0 aliphatic heterocycles. The quantitative estimate of drug-likeness (QED) is 0.170. The van der Waals surface area contributed by atoms with E-state index in [1.54, 1.807) is 0 Å². The number of hydrogen-bond acceptors (Lipinski definition) is 4. The molecule has 11 rings (SSSR count). The zero-order valence-corrected chi connectivity index (χ0v) is 31.2. The van der Waals surface area contributed by atoms with Crippen molar-refractivity contribution in [3.8, 4) is 55.9 Å². The Morgan fingerprint density at radius 3 is 0.825 bits per heavy atom. The van der Waals surface area contributed by atoms with Gasteiger partial charge in [-0.05, 0) is 154 Å². The second kappa shape index (κ2) is 13.4. The molecule has 0 aliphatic rings. The van der Waals surface area contributed by atoms with Gasteiger partial charge in [-0.3, -0.25) is 19.9 Å². The van der Waals surface area contributed by atoms with Gasteiger partial charge in [0.25, 0.3) is 0 Å². The van der Waals surface area contributed by atoms with Crippen LogP contribution in [0.25, 0.3) is 99.5 Å². The molecule has 0 bridgehead atoms. The van der Waals surface area contributed by atoms with Crippen LogP contribution in [0.3, 0.4) is 0 Å². The third-order valence-electron chi connectivity index (χ3n) is 11.0. The molecule has 0 saturated heterocycles. The van der Waals surface area contributed by atoms with E-state index in [1.165, 1.54) is 0 Å². The van der Waals surface area contributed by atoms with Crippen LogP contribution in [0.15, 0.2) is 189 Å². The third-order valence-corrected chi connectivity index (χ3v) is 11.4. The van der Waals surface area contributed by atoms with Gasteiger partial charge in [-0.1, -0.05) is 41.9 Å². The highest BCUT2D eigenvalue weighted by Gasteiger charge is 2.21. The van der Waals surface area contributed by atoms with Crippen LogP contribution < -0.4 is 0 Å². The average Bonchev–Trinajstić information content (AvgIpc) is 3.79. The zero-order chi connectivity index (χ0) is 37.9. The lowest BCUT2D eigenvalue weighted by atomic mass is 10.0. The molecule has 57 heavy (non-hydrogen) atoms. The summed E-state index contributed by atoms with van der Waals surface area (Å²) in [4.78, 5) is 17.0. The minimum absolute atomic E-state index is 0.656. The molecule has 0 amide bonds. The minimum atomic E-state index is 0.656. The topological polar surface area (TPSA) is 61.4 Å². The van der Waals surface area contributed by atoms with E-state index in [0.717, 1.165) is 99.5 Å². The Hall–Kier alpha value is -7.41. The molecule has 6 nitrogen and oxygen atoms in total. The standard InChI is InChI=1S/C50H31ClN6/c51-50-48(56-44-8-4-36(32-12-20-52-21-13-32)28-40(44)41-29-37(5-9-45(41)56)33-14-22-53-23-15-33)2-1-3-49(50)57-46-10-6-38(34-16-24-54-25-17-34)30-42(46)43-31-39(7-11-47(43)57)35-18-26-55-27-19-35/h1-31H. The largest absolute Gasteiger partial charge is 0.308 e. The highest BCUT2D eigenvalue weighted by atomic mass is 35.5. The predicted molar refractivity (Wildman–Crippen MR) is 233 cm³/mol. The number of fused-ring (bicyclic) bond motifs is 6. The van der Waals surface area contributed by atoms with Crippen LogP contribution in [0.2, 0.25) is 5.02 Å². The molecule has 0 saturated carbocycles. The monoisotopic (exact) mass is 750 g/mol. The summed E-state index contributed by atoms with van der Waals surface area (Å²) in [6, 6.07) is 49.5. The Kier molecular flexibility index (Phi) is 7.76. The fourth-order valence-corrected chi connectivity index (χ4v) is 8.61. The van der Waals surface area contributed by atoms with Gasteiger partial charge in [-0.25, -0.2) is 0 Å². The van der Waals surface area contributed by atoms with Crippen LogP contribution in [-0.4, -0.2) is 29.1 Å². The normalized spacial score (nSPS) is 11.6. The van der Waals surface area contributed by atoms with Crippen molar-refractivity contribution in [2.75, 3.05) is 0 Å². The van der Waals surface area contributed by atoms with Crippen LogP contribution in [0.1, 0.15) is 0 Å². The summed E-state index contributed by atoms with van der Waals surface area (Å²) in [7, 11) is 0. The summed E-state index contributed by atoms with van der Waals surface area (Å²) < 4.78 is 4.61. The van der Waals surface area contributed by atoms with Crippen LogP contribution in [-0.2, 0) is 0 Å². The number of hydrogen-bond donors (Lipinski definition) is 0. The minimum Gasteiger partial charge on any atom is -0.308 e. The summed E-state index contributed by atoms with van der Waals surface area (Å²) in [5, 5.41) is 5.21. The van der Waals surface area contributed by atoms with E-state index in [9.17, 15) is 0 Å². The van der Waals surface area contributed by atoms with Crippen molar-refractivity contribution in [1.82, 2.24) is 29.1 Å². The van der Waals surface area contributed by atoms with Crippen LogP contribution in [0, 0.1) is 0 Å². The highest BCUT2D eigenvalue weighted by molar-refractivity contribution is 6.35. The van der Waals surface area contributed by atoms with Gasteiger partial charge in [0.15, 0.2) is 0 Å². The SMILES string of the molecule is Clc1c(-n2c3ccc(-c4ccncc4)cc3c3cc(-c4ccncc4)ccc32)cccc1-n1c2ccc(-c3ccncc3)cc2c2cc(-c3ccncc3)ccc21. The lowest BCUT2D eigenvalue weighted by Gasteiger charge is -2.16. The van der Waals surface area contributed by atoms with Gasteiger partial charge >= 0.3 is 0 Å². The van der Waals surface area contributed by atoms with E-state index in [0.29, 0.717) is 5.02 Å². The van der Waals surface area contributed by atoms with Gasteiger partial charge in [0.05, 0.1) is 38.5 Å². The number of benzene rings is 5. The number of rotatable bonds is 6. The maximum Gasteiger partial charge on any atom is 0.0887 e. The molecule has 0 unspecified atom stereocenters. The first-order chi connectivity index (χ1) is 28.2. The molecule has 6 aromatic heterocycles. The van der Waals surface area contributed by atoms with Crippen molar-refractivity contribution in [3.63, 3.8) is 0 Å². The second-order valence-electron chi connectivity index (χ2n) is 14.2. The Balaban J connectivity index is 1.15. The number of pyridine rings is 4. The van der Waals surface area contributed by atoms with E-state index in [1.807, 2.05) is 49.6 Å². The summed E-state index contributed by atoms with van der Waals surface area (Å²) >= 11 is 7.73. The number of nitrogens with zero attached hydrogens (tertiary/aromatic N) is 6. The first kappa shape index (κ1) is 33.0. The molecule has 0 spiro atoms. The first-order valence-corrected chi connectivity index (χ1v) is 19.1. The molecule has 5 aromatic carbocycles. The van der Waals surface area contributed by atoms with E-state index < -0.39 is 0 Å². The van der Waals surface area contributed by atoms with Crippen molar-refractivity contribution in [3.05, 3.63) is 194 Å².